The fourth-order valence-corrected chi connectivity index (χ4v) is 2.13. The van der Waals surface area contributed by atoms with E-state index in [1.54, 1.807) is 0 Å². The summed E-state index contributed by atoms with van der Waals surface area (Å²) >= 11 is 0. The van der Waals surface area contributed by atoms with Crippen molar-refractivity contribution < 1.29 is 9.90 Å². The van der Waals surface area contributed by atoms with Gasteiger partial charge in [0.1, 0.15) is 0 Å². The molecule has 0 fully saturated rings. The minimum Gasteiger partial charge on any atom is -0.396 e. The highest BCUT2D eigenvalue weighted by Crippen LogP contribution is 2.17. The zero-order chi connectivity index (χ0) is 13.0. The van der Waals surface area contributed by atoms with Crippen LogP contribution in [-0.2, 0) is 11.2 Å². The van der Waals surface area contributed by atoms with Gasteiger partial charge in [0.25, 0.3) is 0 Å². The van der Waals surface area contributed by atoms with Crippen LogP contribution >= 0.6 is 0 Å². The zero-order valence-corrected chi connectivity index (χ0v) is 10.5. The molecule has 0 bridgehead atoms. The van der Waals surface area contributed by atoms with E-state index >= 15 is 0 Å². The predicted molar refractivity (Wildman–Crippen MR) is 70.3 cm³/mol. The van der Waals surface area contributed by atoms with Crippen LogP contribution in [0.5, 0.6) is 0 Å². The maximum Gasteiger partial charge on any atom is 0.240 e. The van der Waals surface area contributed by atoms with Gasteiger partial charge in [-0.25, -0.2) is 5.43 Å². The minimum atomic E-state index is -0.0224. The first-order valence-electron chi connectivity index (χ1n) is 6.27. The molecule has 1 unspecified atom stereocenters. The van der Waals surface area contributed by atoms with Crippen LogP contribution in [0.1, 0.15) is 30.9 Å². The van der Waals surface area contributed by atoms with Crippen molar-refractivity contribution in [3.63, 3.8) is 0 Å². The molecule has 1 aromatic carbocycles. The van der Waals surface area contributed by atoms with E-state index < -0.39 is 0 Å². The van der Waals surface area contributed by atoms with Crippen molar-refractivity contribution in [1.29, 1.82) is 0 Å². The second-order valence-electron chi connectivity index (χ2n) is 4.66. The molecule has 1 aromatic rings. The van der Waals surface area contributed by atoms with Crippen molar-refractivity contribution in [2.24, 2.45) is 11.0 Å². The third kappa shape index (κ3) is 2.96. The van der Waals surface area contributed by atoms with Gasteiger partial charge in [0.15, 0.2) is 0 Å². The average molecular weight is 246 g/mol. The summed E-state index contributed by atoms with van der Waals surface area (Å²) in [6.45, 7) is 2.23. The van der Waals surface area contributed by atoms with Crippen LogP contribution in [0.25, 0.3) is 0 Å². The lowest BCUT2D eigenvalue weighted by molar-refractivity contribution is -0.121. The fraction of sp³-hybridized carbons (Fsp3) is 0.429. The molecule has 2 rings (SSSR count). The minimum absolute atomic E-state index is 0.0224. The molecule has 1 aliphatic rings. The van der Waals surface area contributed by atoms with Gasteiger partial charge in [-0.2, -0.15) is 5.10 Å². The first-order chi connectivity index (χ1) is 8.70. The number of carbonyl (C=O) groups excluding carboxylic acids is 1. The molecular weight excluding hydrogens is 228 g/mol. The van der Waals surface area contributed by atoms with Gasteiger partial charge in [-0.05, 0) is 24.0 Å². The highest BCUT2D eigenvalue weighted by molar-refractivity contribution is 6.05. The van der Waals surface area contributed by atoms with Gasteiger partial charge in [0, 0.05) is 18.9 Å². The lowest BCUT2D eigenvalue weighted by Crippen LogP contribution is -2.31. The van der Waals surface area contributed by atoms with Gasteiger partial charge in [-0.15, -0.1) is 0 Å². The predicted octanol–water partition coefficient (Wildman–Crippen LogP) is 1.47. The van der Waals surface area contributed by atoms with Crippen molar-refractivity contribution in [3.8, 4) is 0 Å². The van der Waals surface area contributed by atoms with E-state index in [-0.39, 0.29) is 18.4 Å². The first-order valence-corrected chi connectivity index (χ1v) is 6.27. The van der Waals surface area contributed by atoms with Crippen molar-refractivity contribution in [1.82, 2.24) is 5.43 Å². The Morgan fingerprint density at radius 2 is 2.11 bits per heavy atom. The molecule has 0 aliphatic carbocycles. The van der Waals surface area contributed by atoms with Crippen molar-refractivity contribution in [3.05, 3.63) is 35.4 Å². The Morgan fingerprint density at radius 1 is 1.39 bits per heavy atom. The molecular formula is C14H18N2O2. The van der Waals surface area contributed by atoms with E-state index in [1.165, 1.54) is 5.56 Å². The number of aryl methyl sites for hydroxylation is 1. The van der Waals surface area contributed by atoms with E-state index in [0.29, 0.717) is 6.42 Å². The molecule has 4 heteroatoms. The molecule has 2 N–H and O–H groups in total. The number of hydrazone groups is 1. The quantitative estimate of drug-likeness (QED) is 0.845. The second-order valence-corrected chi connectivity index (χ2v) is 4.66. The summed E-state index contributed by atoms with van der Waals surface area (Å²) in [6.07, 6.45) is 2.16. The Bertz CT molecular complexity index is 451. The van der Waals surface area contributed by atoms with Crippen LogP contribution in [0.3, 0.4) is 0 Å². The van der Waals surface area contributed by atoms with Gasteiger partial charge in [-0.1, -0.05) is 31.2 Å². The number of hydrogen-bond donors (Lipinski definition) is 2. The fourth-order valence-electron chi connectivity index (χ4n) is 2.13. The smallest absolute Gasteiger partial charge is 0.240 e. The second kappa shape index (κ2) is 5.78. The average Bonchev–Trinajstić information content (AvgIpc) is 2.37. The molecule has 1 heterocycles. The van der Waals surface area contributed by atoms with E-state index in [2.05, 4.69) is 22.7 Å². The van der Waals surface area contributed by atoms with Crippen molar-refractivity contribution in [2.75, 3.05) is 6.61 Å². The number of nitrogens with zero attached hydrogens (tertiary/aromatic N) is 1. The largest absolute Gasteiger partial charge is 0.396 e. The van der Waals surface area contributed by atoms with Crippen LogP contribution in [0, 0.1) is 5.92 Å². The highest BCUT2D eigenvalue weighted by Gasteiger charge is 2.21. The molecule has 0 spiro atoms. The summed E-state index contributed by atoms with van der Waals surface area (Å²) in [5.74, 6) is 0.132. The van der Waals surface area contributed by atoms with Crippen LogP contribution in [0.2, 0.25) is 0 Å². The number of amides is 1. The molecule has 0 radical (unpaired) electrons. The lowest BCUT2D eigenvalue weighted by atomic mass is 9.93. The highest BCUT2D eigenvalue weighted by atomic mass is 16.2. The zero-order valence-electron chi connectivity index (χ0n) is 10.5. The standard InChI is InChI=1S/C14H18N2O2/c1-10-9-13(18)15-16-14(10)12-6-4-11(5-7-12)3-2-8-17/h4-7,10,17H,2-3,8-9H2,1H3,(H,15,18). The third-order valence-corrected chi connectivity index (χ3v) is 3.13. The van der Waals surface area contributed by atoms with Crippen LogP contribution < -0.4 is 5.43 Å². The van der Waals surface area contributed by atoms with Crippen LogP contribution in [0.15, 0.2) is 29.4 Å². The summed E-state index contributed by atoms with van der Waals surface area (Å²) in [5.41, 5.74) is 5.72. The van der Waals surface area contributed by atoms with Gasteiger partial charge in [-0.3, -0.25) is 4.79 Å². The molecule has 96 valence electrons. The topological polar surface area (TPSA) is 61.7 Å². The van der Waals surface area contributed by atoms with Gasteiger partial charge in [0.05, 0.1) is 5.71 Å². The molecule has 0 saturated heterocycles. The Morgan fingerprint density at radius 3 is 2.72 bits per heavy atom. The summed E-state index contributed by atoms with van der Waals surface area (Å²) in [5, 5.41) is 12.9. The third-order valence-electron chi connectivity index (χ3n) is 3.13. The van der Waals surface area contributed by atoms with E-state index in [4.69, 9.17) is 5.11 Å². The van der Waals surface area contributed by atoms with Crippen molar-refractivity contribution in [2.45, 2.75) is 26.2 Å². The van der Waals surface area contributed by atoms with Gasteiger partial charge in [0.2, 0.25) is 5.91 Å². The normalized spacial score (nSPS) is 19.3. The Balaban J connectivity index is 2.12. The molecule has 1 amide bonds. The van der Waals surface area contributed by atoms with Crippen molar-refractivity contribution >= 4 is 11.6 Å². The summed E-state index contributed by atoms with van der Waals surface area (Å²) in [6, 6.07) is 8.16. The number of benzene rings is 1. The molecule has 1 aliphatic heterocycles. The van der Waals surface area contributed by atoms with Gasteiger partial charge < -0.3 is 5.11 Å². The summed E-state index contributed by atoms with van der Waals surface area (Å²) in [4.78, 5) is 11.2. The number of rotatable bonds is 4. The number of carbonyl (C=O) groups is 1. The lowest BCUT2D eigenvalue weighted by Gasteiger charge is -2.19. The van der Waals surface area contributed by atoms with E-state index in [1.807, 2.05) is 19.1 Å². The first kappa shape index (κ1) is 12.8. The summed E-state index contributed by atoms with van der Waals surface area (Å²) in [7, 11) is 0. The number of nitrogens with one attached hydrogen (secondary N) is 1. The van der Waals surface area contributed by atoms with Crippen LogP contribution in [0.4, 0.5) is 0 Å². The number of hydrogen-bond acceptors (Lipinski definition) is 3. The maximum atomic E-state index is 11.2. The SMILES string of the molecule is CC1CC(=O)NN=C1c1ccc(CCCO)cc1. The number of aliphatic hydroxyl groups excluding tert-OH is 1. The Labute approximate surface area is 107 Å². The molecule has 1 atom stereocenters. The molecule has 0 aromatic heterocycles. The van der Waals surface area contributed by atoms with Crippen LogP contribution in [-0.4, -0.2) is 23.3 Å². The molecule has 18 heavy (non-hydrogen) atoms. The van der Waals surface area contributed by atoms with E-state index in [0.717, 1.165) is 24.1 Å². The monoisotopic (exact) mass is 246 g/mol. The molecule has 4 nitrogen and oxygen atoms in total. The van der Waals surface area contributed by atoms with Gasteiger partial charge >= 0.3 is 0 Å². The Hall–Kier alpha value is -1.68. The maximum absolute atomic E-state index is 11.2. The molecule has 0 saturated carbocycles. The summed E-state index contributed by atoms with van der Waals surface area (Å²) < 4.78 is 0. The Kier molecular flexibility index (Phi) is 4.10. The number of aliphatic hydroxyl groups is 1. The van der Waals surface area contributed by atoms with E-state index in [9.17, 15) is 4.79 Å².